The molecule has 38 heavy (non-hydrogen) atoms. The first-order valence-corrected chi connectivity index (χ1v) is 12.7. The minimum atomic E-state index is -0.324. The van der Waals surface area contributed by atoms with Crippen molar-refractivity contribution in [1.29, 1.82) is 10.7 Å². The van der Waals surface area contributed by atoms with E-state index >= 15 is 0 Å². The summed E-state index contributed by atoms with van der Waals surface area (Å²) in [6, 6.07) is 9.04. The van der Waals surface area contributed by atoms with Gasteiger partial charge in [-0.25, -0.2) is 0 Å². The van der Waals surface area contributed by atoms with E-state index in [1.54, 1.807) is 37.3 Å². The fourth-order valence-electron chi connectivity index (χ4n) is 4.39. The summed E-state index contributed by atoms with van der Waals surface area (Å²) < 4.78 is 17.3. The van der Waals surface area contributed by atoms with Crippen molar-refractivity contribution in [2.45, 2.75) is 52.5 Å². The molecule has 2 aromatic rings. The minimum Gasteiger partial charge on any atom is -0.493 e. The molecule has 0 unspecified atom stereocenters. The number of carbonyl (C=O) groups excluding carboxylic acids is 2. The Morgan fingerprint density at radius 3 is 2.50 bits per heavy atom. The lowest BCUT2D eigenvalue weighted by molar-refractivity contribution is 0.0952. The molecule has 0 radical (unpaired) electrons. The molecular weight excluding hydrogens is 484 g/mol. The zero-order chi connectivity index (χ0) is 28.0. The maximum absolute atomic E-state index is 13.5. The summed E-state index contributed by atoms with van der Waals surface area (Å²) in [6.07, 6.45) is 0.936. The second-order valence-electron chi connectivity index (χ2n) is 10.1. The highest BCUT2D eigenvalue weighted by Crippen LogP contribution is 2.40. The normalized spacial score (nSPS) is 12.6. The van der Waals surface area contributed by atoms with Crippen molar-refractivity contribution < 1.29 is 23.8 Å². The van der Waals surface area contributed by atoms with Gasteiger partial charge in [-0.05, 0) is 48.6 Å². The topological polar surface area (TPSA) is 125 Å². The Morgan fingerprint density at radius 1 is 1.16 bits per heavy atom. The number of nitrogens with zero attached hydrogens (tertiary/aromatic N) is 2. The van der Waals surface area contributed by atoms with Crippen LogP contribution >= 0.6 is 0 Å². The van der Waals surface area contributed by atoms with Crippen LogP contribution in [0.15, 0.2) is 24.3 Å². The third-order valence-corrected chi connectivity index (χ3v) is 6.32. The van der Waals surface area contributed by atoms with Gasteiger partial charge in [-0.3, -0.25) is 15.0 Å². The minimum absolute atomic E-state index is 0.0173. The molecule has 0 saturated carbocycles. The van der Waals surface area contributed by atoms with Gasteiger partial charge < -0.3 is 24.4 Å². The maximum atomic E-state index is 13.5. The van der Waals surface area contributed by atoms with Gasteiger partial charge in [0, 0.05) is 36.7 Å². The summed E-state index contributed by atoms with van der Waals surface area (Å²) in [7, 11) is 3.12. The molecular formula is C29H36N4O5. The summed E-state index contributed by atoms with van der Waals surface area (Å²) >= 11 is 0. The molecule has 202 valence electrons. The second-order valence-corrected chi connectivity index (χ2v) is 10.1. The van der Waals surface area contributed by atoms with E-state index in [1.807, 2.05) is 33.8 Å². The van der Waals surface area contributed by atoms with Gasteiger partial charge in [0.1, 0.15) is 11.6 Å². The van der Waals surface area contributed by atoms with Gasteiger partial charge in [-0.2, -0.15) is 5.26 Å². The number of hydrogen-bond donors (Lipinski definition) is 2. The molecule has 0 atom stereocenters. The van der Waals surface area contributed by atoms with Gasteiger partial charge in [-0.1, -0.05) is 20.8 Å². The number of carbonyl (C=O) groups is 2. The SMILES string of the molecule is CCOc1cc2c(cc1C(=O)NC)C(=N)N(CC(=O)c1cc(OCCCC#N)c(OC)c(C(C)(C)C)c1)C2. The number of benzene rings is 2. The van der Waals surface area contributed by atoms with Crippen molar-refractivity contribution >= 4 is 17.5 Å². The molecule has 0 aliphatic carbocycles. The summed E-state index contributed by atoms with van der Waals surface area (Å²) in [5.74, 6) is 1.19. The van der Waals surface area contributed by atoms with Crippen LogP contribution in [-0.2, 0) is 12.0 Å². The van der Waals surface area contributed by atoms with Crippen molar-refractivity contribution in [2.75, 3.05) is 33.9 Å². The number of amides is 1. The van der Waals surface area contributed by atoms with E-state index in [0.29, 0.717) is 66.5 Å². The Balaban J connectivity index is 1.91. The Bertz CT molecular complexity index is 1270. The average Bonchev–Trinajstić information content (AvgIpc) is 3.18. The van der Waals surface area contributed by atoms with Crippen LogP contribution < -0.4 is 19.5 Å². The zero-order valence-electron chi connectivity index (χ0n) is 23.0. The van der Waals surface area contributed by atoms with E-state index in [1.165, 1.54) is 0 Å². The lowest BCUT2D eigenvalue weighted by Crippen LogP contribution is -2.30. The Hall–Kier alpha value is -4.06. The molecule has 0 saturated heterocycles. The first kappa shape index (κ1) is 28.5. The third kappa shape index (κ3) is 6.08. The highest BCUT2D eigenvalue weighted by Gasteiger charge is 2.30. The standard InChI is InChI=1S/C29H36N4O5/c1-7-37-24-14-19-16-33(27(31)20(19)15-21(24)28(35)32-5)17-23(34)18-12-22(29(2,3)4)26(36-6)25(13-18)38-11-9-8-10-30/h12-15,31H,7-9,11,16-17H2,1-6H3,(H,32,35). The predicted molar refractivity (Wildman–Crippen MR) is 145 cm³/mol. The van der Waals surface area contributed by atoms with Gasteiger partial charge in [0.05, 0.1) is 38.5 Å². The molecule has 1 heterocycles. The van der Waals surface area contributed by atoms with Crippen LogP contribution in [0.3, 0.4) is 0 Å². The molecule has 2 aromatic carbocycles. The van der Waals surface area contributed by atoms with Crippen LogP contribution in [-0.4, -0.2) is 56.3 Å². The number of methoxy groups -OCH3 is 1. The van der Waals surface area contributed by atoms with E-state index in [4.69, 9.17) is 24.9 Å². The van der Waals surface area contributed by atoms with Crippen molar-refractivity contribution in [3.63, 3.8) is 0 Å². The summed E-state index contributed by atoms with van der Waals surface area (Å²) in [4.78, 5) is 27.6. The Kier molecular flexibility index (Phi) is 9.00. The van der Waals surface area contributed by atoms with E-state index in [2.05, 4.69) is 11.4 Å². The van der Waals surface area contributed by atoms with Crippen LogP contribution in [0, 0.1) is 16.7 Å². The molecule has 9 heteroatoms. The number of nitriles is 1. The molecule has 1 aliphatic heterocycles. The van der Waals surface area contributed by atoms with Crippen molar-refractivity contribution in [3.8, 4) is 23.3 Å². The van der Waals surface area contributed by atoms with Crippen LogP contribution in [0.2, 0.25) is 0 Å². The van der Waals surface area contributed by atoms with Crippen molar-refractivity contribution in [1.82, 2.24) is 10.2 Å². The third-order valence-electron chi connectivity index (χ3n) is 6.32. The fourth-order valence-corrected chi connectivity index (χ4v) is 4.39. The number of ketones is 1. The zero-order valence-corrected chi connectivity index (χ0v) is 23.0. The highest BCUT2D eigenvalue weighted by atomic mass is 16.5. The largest absolute Gasteiger partial charge is 0.493 e. The smallest absolute Gasteiger partial charge is 0.254 e. The lowest BCUT2D eigenvalue weighted by Gasteiger charge is -2.25. The molecule has 0 spiro atoms. The Labute approximate surface area is 224 Å². The van der Waals surface area contributed by atoms with Gasteiger partial charge in [0.15, 0.2) is 17.3 Å². The number of hydrogen-bond acceptors (Lipinski definition) is 7. The fraction of sp³-hybridized carbons (Fsp3) is 0.448. The molecule has 9 nitrogen and oxygen atoms in total. The molecule has 1 aliphatic rings. The molecule has 0 bridgehead atoms. The van der Waals surface area contributed by atoms with E-state index in [9.17, 15) is 9.59 Å². The van der Waals surface area contributed by atoms with Crippen LogP contribution in [0.5, 0.6) is 17.2 Å². The Morgan fingerprint density at radius 2 is 1.89 bits per heavy atom. The number of fused-ring (bicyclic) bond motifs is 1. The monoisotopic (exact) mass is 520 g/mol. The summed E-state index contributed by atoms with van der Waals surface area (Å²) in [5.41, 5.74) is 2.74. The van der Waals surface area contributed by atoms with Gasteiger partial charge in [0.2, 0.25) is 0 Å². The first-order valence-electron chi connectivity index (χ1n) is 12.7. The first-order chi connectivity index (χ1) is 18.0. The maximum Gasteiger partial charge on any atom is 0.254 e. The van der Waals surface area contributed by atoms with Gasteiger partial charge in [0.25, 0.3) is 5.91 Å². The summed E-state index contributed by atoms with van der Waals surface area (Å²) in [5, 5.41) is 20.2. The average molecular weight is 521 g/mol. The highest BCUT2D eigenvalue weighted by molar-refractivity contribution is 6.07. The lowest BCUT2D eigenvalue weighted by atomic mass is 9.84. The van der Waals surface area contributed by atoms with Crippen LogP contribution in [0.1, 0.15) is 77.9 Å². The number of amidine groups is 1. The van der Waals surface area contributed by atoms with Gasteiger partial charge >= 0.3 is 0 Å². The summed E-state index contributed by atoms with van der Waals surface area (Å²) in [6.45, 7) is 9.01. The van der Waals surface area contributed by atoms with Gasteiger partial charge in [-0.15, -0.1) is 0 Å². The van der Waals surface area contributed by atoms with E-state index in [0.717, 1.165) is 11.1 Å². The van der Waals surface area contributed by atoms with Crippen LogP contribution in [0.25, 0.3) is 0 Å². The van der Waals surface area contributed by atoms with Crippen molar-refractivity contribution in [3.05, 3.63) is 52.1 Å². The number of nitrogens with one attached hydrogen (secondary N) is 2. The number of rotatable bonds is 11. The number of Topliss-reactive ketones (excluding diaryl/α,β-unsaturated/α-hetero) is 1. The van der Waals surface area contributed by atoms with E-state index in [-0.39, 0.29) is 29.5 Å². The number of unbranched alkanes of at least 4 members (excludes halogenated alkanes) is 1. The molecule has 2 N–H and O–H groups in total. The van der Waals surface area contributed by atoms with Crippen LogP contribution in [0.4, 0.5) is 0 Å². The van der Waals surface area contributed by atoms with E-state index < -0.39 is 0 Å². The molecule has 0 aromatic heterocycles. The number of ether oxygens (including phenoxy) is 3. The molecule has 0 fully saturated rings. The molecule has 3 rings (SSSR count). The molecule has 1 amide bonds. The quantitative estimate of drug-likeness (QED) is 0.331. The second kappa shape index (κ2) is 12.0. The van der Waals surface area contributed by atoms with Crippen molar-refractivity contribution in [2.24, 2.45) is 0 Å². The predicted octanol–water partition coefficient (Wildman–Crippen LogP) is 4.46.